The van der Waals surface area contributed by atoms with Crippen LogP contribution in [0.3, 0.4) is 0 Å². The van der Waals surface area contributed by atoms with Crippen molar-refractivity contribution in [1.29, 1.82) is 0 Å². The number of amides is 1. The smallest absolute Gasteiger partial charge is 0.220 e. The first-order valence-corrected chi connectivity index (χ1v) is 9.10. The number of rotatable bonds is 10. The van der Waals surface area contributed by atoms with Crippen LogP contribution in [0.1, 0.15) is 84.5 Å². The molecule has 0 atom stereocenters. The molecule has 124 valence electrons. The summed E-state index contributed by atoms with van der Waals surface area (Å²) in [5.74, 6) is 1.79. The fourth-order valence-corrected chi connectivity index (χ4v) is 3.16. The van der Waals surface area contributed by atoms with E-state index in [0.717, 1.165) is 44.1 Å². The zero-order valence-corrected chi connectivity index (χ0v) is 14.2. The number of carbonyl (C=O) groups excluding carboxylic acids is 1. The third-order valence-corrected chi connectivity index (χ3v) is 4.70. The van der Waals surface area contributed by atoms with Crippen molar-refractivity contribution in [1.82, 2.24) is 5.32 Å². The second kappa shape index (κ2) is 11.1. The number of carbonyl (C=O) groups is 1. The van der Waals surface area contributed by atoms with E-state index in [9.17, 15) is 4.79 Å². The third-order valence-electron chi connectivity index (χ3n) is 4.70. The van der Waals surface area contributed by atoms with Crippen LogP contribution in [0.2, 0.25) is 0 Å². The highest BCUT2D eigenvalue weighted by Gasteiger charge is 2.18. The molecule has 1 fully saturated rings. The van der Waals surface area contributed by atoms with Crippen LogP contribution in [0.25, 0.3) is 0 Å². The summed E-state index contributed by atoms with van der Waals surface area (Å²) in [5, 5.41) is 3.07. The highest BCUT2D eigenvalue weighted by Crippen LogP contribution is 2.26. The van der Waals surface area contributed by atoms with E-state index in [1.54, 1.807) is 0 Å². The highest BCUT2D eigenvalue weighted by molar-refractivity contribution is 5.75. The van der Waals surface area contributed by atoms with Crippen molar-refractivity contribution in [3.05, 3.63) is 0 Å². The summed E-state index contributed by atoms with van der Waals surface area (Å²) in [4.78, 5) is 11.8. The molecule has 1 aliphatic carbocycles. The maximum absolute atomic E-state index is 11.8. The molecule has 0 heterocycles. The van der Waals surface area contributed by atoms with Gasteiger partial charge in [-0.25, -0.2) is 0 Å². The Hall–Kier alpha value is -0.570. The molecule has 3 N–H and O–H groups in total. The fraction of sp³-hybridized carbons (Fsp3) is 0.944. The zero-order valence-electron chi connectivity index (χ0n) is 14.2. The Balaban J connectivity index is 1.90. The number of unbranched alkanes of at least 4 members (excludes halogenated alkanes) is 3. The van der Waals surface area contributed by atoms with Gasteiger partial charge in [0.1, 0.15) is 0 Å². The molecule has 3 heteroatoms. The molecule has 1 aliphatic rings. The first-order chi connectivity index (χ1) is 10.1. The third kappa shape index (κ3) is 9.89. The minimum atomic E-state index is 0.243. The standard InChI is InChI=1S/C18H36N2O/c1-15(2)7-5-3-4-6-14-20-18(21)13-10-16-8-11-17(19)12-9-16/h15-17H,3-14,19H2,1-2H3,(H,20,21). The number of hydrogen-bond donors (Lipinski definition) is 2. The molecule has 0 unspecified atom stereocenters. The minimum absolute atomic E-state index is 0.243. The number of nitrogens with one attached hydrogen (secondary N) is 1. The second-order valence-electron chi connectivity index (χ2n) is 7.27. The molecule has 0 aromatic rings. The molecule has 1 amide bonds. The van der Waals surface area contributed by atoms with Gasteiger partial charge in [-0.2, -0.15) is 0 Å². The summed E-state index contributed by atoms with van der Waals surface area (Å²) in [7, 11) is 0. The molecular formula is C18H36N2O. The minimum Gasteiger partial charge on any atom is -0.356 e. The lowest BCUT2D eigenvalue weighted by atomic mass is 9.84. The van der Waals surface area contributed by atoms with Gasteiger partial charge in [-0.05, 0) is 50.4 Å². The van der Waals surface area contributed by atoms with Crippen LogP contribution in [0, 0.1) is 11.8 Å². The van der Waals surface area contributed by atoms with E-state index in [4.69, 9.17) is 5.73 Å². The van der Waals surface area contributed by atoms with E-state index in [0.29, 0.717) is 12.5 Å². The summed E-state index contributed by atoms with van der Waals surface area (Å²) in [6.07, 6.45) is 12.8. The Morgan fingerprint density at radius 1 is 1.10 bits per heavy atom. The van der Waals surface area contributed by atoms with E-state index < -0.39 is 0 Å². The molecule has 0 aromatic heterocycles. The summed E-state index contributed by atoms with van der Waals surface area (Å²) in [5.41, 5.74) is 5.91. The molecule has 0 aromatic carbocycles. The van der Waals surface area contributed by atoms with Gasteiger partial charge in [0.15, 0.2) is 0 Å². The van der Waals surface area contributed by atoms with Gasteiger partial charge in [0.2, 0.25) is 5.91 Å². The normalized spacial score (nSPS) is 22.5. The molecule has 0 saturated heterocycles. The molecule has 0 aliphatic heterocycles. The lowest BCUT2D eigenvalue weighted by Gasteiger charge is -2.25. The van der Waals surface area contributed by atoms with Gasteiger partial charge in [0.05, 0.1) is 0 Å². The van der Waals surface area contributed by atoms with E-state index in [2.05, 4.69) is 19.2 Å². The van der Waals surface area contributed by atoms with Crippen molar-refractivity contribution in [2.75, 3.05) is 6.54 Å². The van der Waals surface area contributed by atoms with Crippen molar-refractivity contribution in [2.45, 2.75) is 90.5 Å². The number of hydrogen-bond acceptors (Lipinski definition) is 2. The molecule has 0 bridgehead atoms. The van der Waals surface area contributed by atoms with Crippen molar-refractivity contribution in [3.8, 4) is 0 Å². The molecule has 3 nitrogen and oxygen atoms in total. The Morgan fingerprint density at radius 3 is 2.43 bits per heavy atom. The van der Waals surface area contributed by atoms with Crippen LogP contribution in [0.5, 0.6) is 0 Å². The Morgan fingerprint density at radius 2 is 1.76 bits per heavy atom. The summed E-state index contributed by atoms with van der Waals surface area (Å²) in [6.45, 7) is 5.41. The highest BCUT2D eigenvalue weighted by atomic mass is 16.1. The predicted molar refractivity (Wildman–Crippen MR) is 90.1 cm³/mol. The van der Waals surface area contributed by atoms with Gasteiger partial charge in [0.25, 0.3) is 0 Å². The van der Waals surface area contributed by atoms with Gasteiger partial charge in [-0.1, -0.05) is 39.5 Å². The quantitative estimate of drug-likeness (QED) is 0.599. The lowest BCUT2D eigenvalue weighted by Crippen LogP contribution is -2.28. The monoisotopic (exact) mass is 296 g/mol. The molecule has 1 saturated carbocycles. The summed E-state index contributed by atoms with van der Waals surface area (Å²) < 4.78 is 0. The number of nitrogens with two attached hydrogens (primary N) is 1. The van der Waals surface area contributed by atoms with Crippen LogP contribution >= 0.6 is 0 Å². The van der Waals surface area contributed by atoms with Gasteiger partial charge >= 0.3 is 0 Å². The maximum atomic E-state index is 11.8. The van der Waals surface area contributed by atoms with Gasteiger partial charge in [-0.15, -0.1) is 0 Å². The molecule has 0 radical (unpaired) electrons. The van der Waals surface area contributed by atoms with Gasteiger partial charge < -0.3 is 11.1 Å². The molecule has 1 rings (SSSR count). The van der Waals surface area contributed by atoms with E-state index in [1.807, 2.05) is 0 Å². The maximum Gasteiger partial charge on any atom is 0.220 e. The van der Waals surface area contributed by atoms with Crippen LogP contribution in [-0.2, 0) is 4.79 Å². The average molecular weight is 296 g/mol. The molecule has 21 heavy (non-hydrogen) atoms. The van der Waals surface area contributed by atoms with Crippen molar-refractivity contribution in [2.24, 2.45) is 17.6 Å². The zero-order chi connectivity index (χ0) is 15.5. The largest absolute Gasteiger partial charge is 0.356 e. The lowest BCUT2D eigenvalue weighted by molar-refractivity contribution is -0.121. The van der Waals surface area contributed by atoms with Crippen LogP contribution < -0.4 is 11.1 Å². The first-order valence-electron chi connectivity index (χ1n) is 9.10. The van der Waals surface area contributed by atoms with E-state index in [-0.39, 0.29) is 5.91 Å². The van der Waals surface area contributed by atoms with Crippen molar-refractivity contribution >= 4 is 5.91 Å². The topological polar surface area (TPSA) is 55.1 Å². The molecule has 0 spiro atoms. The predicted octanol–water partition coefficient (Wildman–Crippen LogP) is 4.01. The van der Waals surface area contributed by atoms with Crippen molar-refractivity contribution in [3.63, 3.8) is 0 Å². The van der Waals surface area contributed by atoms with Crippen LogP contribution in [0.15, 0.2) is 0 Å². The van der Waals surface area contributed by atoms with Gasteiger partial charge in [-0.3, -0.25) is 4.79 Å². The van der Waals surface area contributed by atoms with Crippen LogP contribution in [0.4, 0.5) is 0 Å². The second-order valence-corrected chi connectivity index (χ2v) is 7.27. The Labute approximate surface area is 131 Å². The molecular weight excluding hydrogens is 260 g/mol. The SMILES string of the molecule is CC(C)CCCCCCNC(=O)CCC1CCC(N)CC1. The summed E-state index contributed by atoms with van der Waals surface area (Å²) >= 11 is 0. The fourth-order valence-electron chi connectivity index (χ4n) is 3.16. The average Bonchev–Trinajstić information content (AvgIpc) is 2.45. The Bertz CT molecular complexity index is 270. The van der Waals surface area contributed by atoms with Crippen LogP contribution in [-0.4, -0.2) is 18.5 Å². The van der Waals surface area contributed by atoms with E-state index in [1.165, 1.54) is 38.5 Å². The van der Waals surface area contributed by atoms with E-state index >= 15 is 0 Å². The Kier molecular flexibility index (Phi) is 9.73. The van der Waals surface area contributed by atoms with Crippen molar-refractivity contribution < 1.29 is 4.79 Å². The first kappa shape index (κ1) is 18.5. The van der Waals surface area contributed by atoms with Gasteiger partial charge in [0, 0.05) is 19.0 Å². The summed E-state index contributed by atoms with van der Waals surface area (Å²) in [6, 6.07) is 0.408.